The number of rotatable bonds is 3. The maximum absolute atomic E-state index is 4.93. The Labute approximate surface area is 59.2 Å². The van der Waals surface area contributed by atoms with Gasteiger partial charge in [-0.2, -0.15) is 0 Å². The molecule has 4 heteroatoms. The highest BCUT2D eigenvalue weighted by atomic mass is 27.1. The third-order valence-corrected chi connectivity index (χ3v) is 1.85. The highest BCUT2D eigenvalue weighted by Gasteiger charge is 2.18. The van der Waals surface area contributed by atoms with Crippen LogP contribution in [0.3, 0.4) is 0 Å². The van der Waals surface area contributed by atoms with Gasteiger partial charge in [0.05, 0.1) is 0 Å². The Morgan fingerprint density at radius 1 is 1.38 bits per heavy atom. The van der Waals surface area contributed by atoms with Crippen molar-refractivity contribution in [1.29, 1.82) is 0 Å². The molecule has 0 aromatic rings. The molecule has 0 bridgehead atoms. The van der Waals surface area contributed by atoms with Gasteiger partial charge in [-0.15, -0.1) is 0 Å². The summed E-state index contributed by atoms with van der Waals surface area (Å²) in [7, 11) is 3.09. The number of ether oxygens (including phenoxy) is 2. The summed E-state index contributed by atoms with van der Waals surface area (Å²) in [4.78, 5) is 0. The SMILES string of the molecule is COC(C)(OC)[O][AlH2].[HH]. The Balaban J connectivity index is 0. The molecule has 0 aliphatic heterocycles. The van der Waals surface area contributed by atoms with Gasteiger partial charge < -0.3 is 13.3 Å². The second-order valence-corrected chi connectivity index (χ2v) is 1.88. The lowest BCUT2D eigenvalue weighted by Crippen LogP contribution is -2.32. The van der Waals surface area contributed by atoms with Crippen molar-refractivity contribution in [3.63, 3.8) is 0 Å². The van der Waals surface area contributed by atoms with Crippen molar-refractivity contribution in [1.82, 2.24) is 0 Å². The van der Waals surface area contributed by atoms with Crippen LogP contribution >= 0.6 is 0 Å². The molecule has 0 spiro atoms. The second kappa shape index (κ2) is 3.44. The molecule has 3 nitrogen and oxygen atoms in total. The van der Waals surface area contributed by atoms with Crippen LogP contribution in [0.5, 0.6) is 0 Å². The zero-order valence-electron chi connectivity index (χ0n) is 5.72. The van der Waals surface area contributed by atoms with Crippen molar-refractivity contribution < 1.29 is 14.7 Å². The van der Waals surface area contributed by atoms with Gasteiger partial charge >= 0.3 is 16.6 Å². The third-order valence-electron chi connectivity index (χ3n) is 1.11. The van der Waals surface area contributed by atoms with Gasteiger partial charge in [0.1, 0.15) is 0 Å². The van der Waals surface area contributed by atoms with Crippen LogP contribution in [0.15, 0.2) is 0 Å². The van der Waals surface area contributed by atoms with Crippen molar-refractivity contribution >= 4 is 16.6 Å². The van der Waals surface area contributed by atoms with Crippen LogP contribution in [-0.2, 0) is 13.3 Å². The predicted molar refractivity (Wildman–Crippen MR) is 34.2 cm³/mol. The third kappa shape index (κ3) is 2.12. The molecule has 8 heavy (non-hydrogen) atoms. The Morgan fingerprint density at radius 3 is 1.75 bits per heavy atom. The Bertz CT molecular complexity index is 58.6. The number of hydrogen-bond donors (Lipinski definition) is 0. The molecule has 50 valence electrons. The molecule has 0 saturated carbocycles. The van der Waals surface area contributed by atoms with Gasteiger partial charge in [0.25, 0.3) is 5.97 Å². The normalized spacial score (nSPS) is 11.9. The summed E-state index contributed by atoms with van der Waals surface area (Å²) in [5.74, 6) is -0.813. The van der Waals surface area contributed by atoms with Crippen molar-refractivity contribution in [2.75, 3.05) is 14.2 Å². The van der Waals surface area contributed by atoms with Gasteiger partial charge in [-0.1, -0.05) is 0 Å². The summed E-state index contributed by atoms with van der Waals surface area (Å²) in [5, 5.41) is 0. The van der Waals surface area contributed by atoms with Crippen LogP contribution in [0.4, 0.5) is 0 Å². The average Bonchev–Trinajstić information content (AvgIpc) is 1.87. The van der Waals surface area contributed by atoms with Crippen LogP contribution in [0, 0.1) is 0 Å². The molecule has 0 radical (unpaired) electrons. The predicted octanol–water partition coefficient (Wildman–Crippen LogP) is -0.236. The Morgan fingerprint density at radius 2 is 1.75 bits per heavy atom. The first-order valence-electron chi connectivity index (χ1n) is 2.34. The summed E-state index contributed by atoms with van der Waals surface area (Å²) >= 11 is 0.616. The van der Waals surface area contributed by atoms with E-state index in [9.17, 15) is 0 Å². The highest BCUT2D eigenvalue weighted by Crippen LogP contribution is 2.07. The number of hydrogen-bond acceptors (Lipinski definition) is 3. The van der Waals surface area contributed by atoms with Gasteiger partial charge in [0.15, 0.2) is 0 Å². The molecule has 0 unspecified atom stereocenters. The zero-order chi connectivity index (χ0) is 6.62. The monoisotopic (exact) mass is 136 g/mol. The van der Waals surface area contributed by atoms with Gasteiger partial charge in [0, 0.05) is 22.6 Å². The molecule has 0 atom stereocenters. The fraction of sp³-hybridized carbons (Fsp3) is 1.00. The second-order valence-electron chi connectivity index (χ2n) is 1.47. The van der Waals surface area contributed by atoms with E-state index in [-0.39, 0.29) is 1.43 Å². The molecule has 0 aromatic heterocycles. The minimum absolute atomic E-state index is 0. The van der Waals surface area contributed by atoms with E-state index < -0.39 is 5.97 Å². The van der Waals surface area contributed by atoms with Gasteiger partial charge in [-0.3, -0.25) is 0 Å². The average molecular weight is 136 g/mol. The molecular formula is C4H13AlO3. The fourth-order valence-corrected chi connectivity index (χ4v) is 0.583. The van der Waals surface area contributed by atoms with E-state index in [2.05, 4.69) is 0 Å². The van der Waals surface area contributed by atoms with E-state index in [0.29, 0.717) is 16.6 Å². The summed E-state index contributed by atoms with van der Waals surface area (Å²) < 4.78 is 14.6. The minimum Gasteiger partial charge on any atom is -0.462 e. The molecular weight excluding hydrogens is 123 g/mol. The van der Waals surface area contributed by atoms with Crippen LogP contribution in [0.2, 0.25) is 0 Å². The molecule has 0 rings (SSSR count). The smallest absolute Gasteiger partial charge is 0.417 e. The first-order chi connectivity index (χ1) is 3.68. The highest BCUT2D eigenvalue weighted by molar-refractivity contribution is 5.98. The fourth-order valence-electron chi connectivity index (χ4n) is 0.250. The molecule has 0 amide bonds. The maximum Gasteiger partial charge on any atom is 0.417 e. The Kier molecular flexibility index (Phi) is 3.62. The standard InChI is InChI=1S/C4H9O3.Al.H2.2H/c1-4(5,6-2)7-3;;;;/h1-3H3;;1H;;/q-1;+1;;;. The van der Waals surface area contributed by atoms with Gasteiger partial charge in [0.2, 0.25) is 0 Å². The van der Waals surface area contributed by atoms with Crippen LogP contribution in [0.25, 0.3) is 0 Å². The van der Waals surface area contributed by atoms with Crippen molar-refractivity contribution in [3.05, 3.63) is 0 Å². The molecule has 0 heterocycles. The molecule has 0 N–H and O–H groups in total. The van der Waals surface area contributed by atoms with Crippen molar-refractivity contribution in [2.45, 2.75) is 12.9 Å². The lowest BCUT2D eigenvalue weighted by molar-refractivity contribution is -0.308. The van der Waals surface area contributed by atoms with Crippen molar-refractivity contribution in [2.24, 2.45) is 0 Å². The molecule has 0 aliphatic rings. The molecule has 0 aromatic carbocycles. The first-order valence-corrected chi connectivity index (χ1v) is 3.15. The summed E-state index contributed by atoms with van der Waals surface area (Å²) in [5.41, 5.74) is 0. The molecule has 0 saturated heterocycles. The van der Waals surface area contributed by atoms with E-state index in [4.69, 9.17) is 13.3 Å². The van der Waals surface area contributed by atoms with E-state index in [1.54, 1.807) is 21.1 Å². The van der Waals surface area contributed by atoms with Crippen LogP contribution in [0.1, 0.15) is 8.35 Å². The largest absolute Gasteiger partial charge is 0.462 e. The zero-order valence-corrected chi connectivity index (χ0v) is 7.72. The first kappa shape index (κ1) is 8.41. The minimum atomic E-state index is -0.813. The van der Waals surface area contributed by atoms with E-state index in [0.717, 1.165) is 0 Å². The Hall–Kier alpha value is 0.412. The molecule has 0 fully saturated rings. The maximum atomic E-state index is 4.93. The summed E-state index contributed by atoms with van der Waals surface area (Å²) in [6.07, 6.45) is 0. The summed E-state index contributed by atoms with van der Waals surface area (Å²) in [6.45, 7) is 1.72. The lowest BCUT2D eigenvalue weighted by Gasteiger charge is -2.25. The van der Waals surface area contributed by atoms with Crippen molar-refractivity contribution in [3.8, 4) is 0 Å². The lowest BCUT2D eigenvalue weighted by atomic mass is 10.7. The number of methoxy groups -OCH3 is 2. The van der Waals surface area contributed by atoms with E-state index in [1.807, 2.05) is 0 Å². The van der Waals surface area contributed by atoms with E-state index in [1.165, 1.54) is 0 Å². The van der Waals surface area contributed by atoms with Gasteiger partial charge in [-0.05, 0) is 0 Å². The summed E-state index contributed by atoms with van der Waals surface area (Å²) in [6, 6.07) is 0. The van der Waals surface area contributed by atoms with Gasteiger partial charge in [-0.25, -0.2) is 0 Å². The topological polar surface area (TPSA) is 27.7 Å². The quantitative estimate of drug-likeness (QED) is 0.396. The van der Waals surface area contributed by atoms with Crippen LogP contribution < -0.4 is 0 Å². The van der Waals surface area contributed by atoms with Crippen LogP contribution in [-0.4, -0.2) is 36.8 Å². The van der Waals surface area contributed by atoms with E-state index >= 15 is 0 Å². The molecule has 0 aliphatic carbocycles.